The van der Waals surface area contributed by atoms with Crippen LogP contribution < -0.4 is 0 Å². The van der Waals surface area contributed by atoms with Crippen LogP contribution >= 0.6 is 0 Å². The number of carboxylic acids is 1. The first-order chi connectivity index (χ1) is 9.09. The molecule has 19 heavy (non-hydrogen) atoms. The maximum atomic E-state index is 11.2. The summed E-state index contributed by atoms with van der Waals surface area (Å²) in [6, 6.07) is 7.26. The Bertz CT molecular complexity index is 572. The van der Waals surface area contributed by atoms with E-state index in [1.54, 1.807) is 12.1 Å². The number of benzene rings is 1. The molecule has 0 bridgehead atoms. The number of para-hydroxylation sites is 1. The van der Waals surface area contributed by atoms with Gasteiger partial charge in [0.05, 0.1) is 17.7 Å². The molecule has 0 aliphatic rings. The van der Waals surface area contributed by atoms with Gasteiger partial charge in [-0.25, -0.2) is 4.79 Å². The molecule has 0 aliphatic heterocycles. The highest BCUT2D eigenvalue weighted by atomic mass is 16.5. The summed E-state index contributed by atoms with van der Waals surface area (Å²) in [5.41, 5.74) is 1.11. The Hall–Kier alpha value is -1.81. The van der Waals surface area contributed by atoms with Crippen LogP contribution in [0.3, 0.4) is 0 Å². The Morgan fingerprint density at radius 1 is 1.37 bits per heavy atom. The van der Waals surface area contributed by atoms with Crippen LogP contribution in [0.15, 0.2) is 30.5 Å². The van der Waals surface area contributed by atoms with Crippen molar-refractivity contribution in [3.63, 3.8) is 0 Å². The van der Waals surface area contributed by atoms with Crippen molar-refractivity contribution in [2.24, 2.45) is 5.92 Å². The third-order valence-electron chi connectivity index (χ3n) is 2.95. The number of nitrogens with zero attached hydrogens (tertiary/aromatic N) is 1. The standard InChI is InChI=1S/C15H19NO3/c1-11(2)10-19-9-8-16-7-6-12-4-3-5-13(14(12)16)15(17)18/h3-7,11H,8-10H2,1-2H3,(H,17,18). The maximum absolute atomic E-state index is 11.2. The summed E-state index contributed by atoms with van der Waals surface area (Å²) in [7, 11) is 0. The van der Waals surface area contributed by atoms with E-state index in [0.717, 1.165) is 17.5 Å². The lowest BCUT2D eigenvalue weighted by Gasteiger charge is -2.10. The molecule has 0 saturated carbocycles. The molecule has 2 rings (SSSR count). The summed E-state index contributed by atoms with van der Waals surface area (Å²) in [6.07, 6.45) is 1.91. The highest BCUT2D eigenvalue weighted by Crippen LogP contribution is 2.20. The fourth-order valence-electron chi connectivity index (χ4n) is 2.10. The average Bonchev–Trinajstić information content (AvgIpc) is 2.77. The quantitative estimate of drug-likeness (QED) is 0.813. The molecule has 1 aromatic heterocycles. The zero-order chi connectivity index (χ0) is 13.8. The van der Waals surface area contributed by atoms with Crippen LogP contribution in [0.25, 0.3) is 10.9 Å². The lowest BCUT2D eigenvalue weighted by Crippen LogP contribution is -2.10. The molecule has 1 N–H and O–H groups in total. The number of carboxylic acid groups (broad SMARTS) is 1. The second-order valence-corrected chi connectivity index (χ2v) is 5.03. The van der Waals surface area contributed by atoms with E-state index in [1.807, 2.05) is 22.9 Å². The molecule has 1 aromatic carbocycles. The first kappa shape index (κ1) is 13.6. The van der Waals surface area contributed by atoms with Crippen molar-refractivity contribution in [1.82, 2.24) is 4.57 Å². The largest absolute Gasteiger partial charge is 0.478 e. The van der Waals surface area contributed by atoms with Crippen molar-refractivity contribution in [2.75, 3.05) is 13.2 Å². The summed E-state index contributed by atoms with van der Waals surface area (Å²) >= 11 is 0. The van der Waals surface area contributed by atoms with Crippen LogP contribution in [0.5, 0.6) is 0 Å². The Kier molecular flexibility index (Phi) is 4.22. The van der Waals surface area contributed by atoms with Crippen LogP contribution in [0.2, 0.25) is 0 Å². The van der Waals surface area contributed by atoms with Crippen molar-refractivity contribution in [2.45, 2.75) is 20.4 Å². The van der Waals surface area contributed by atoms with Crippen molar-refractivity contribution in [3.05, 3.63) is 36.0 Å². The summed E-state index contributed by atoms with van der Waals surface area (Å²) in [5.74, 6) is -0.385. The van der Waals surface area contributed by atoms with E-state index in [9.17, 15) is 9.90 Å². The van der Waals surface area contributed by atoms with Crippen molar-refractivity contribution < 1.29 is 14.6 Å². The van der Waals surface area contributed by atoms with E-state index in [4.69, 9.17) is 4.74 Å². The number of carbonyl (C=O) groups is 1. The molecule has 102 valence electrons. The molecular formula is C15H19NO3. The number of fused-ring (bicyclic) bond motifs is 1. The molecule has 0 spiro atoms. The topological polar surface area (TPSA) is 51.5 Å². The molecule has 1 heterocycles. The van der Waals surface area contributed by atoms with Gasteiger partial charge in [-0.2, -0.15) is 0 Å². The van der Waals surface area contributed by atoms with Crippen LogP contribution in [-0.2, 0) is 11.3 Å². The fourth-order valence-corrected chi connectivity index (χ4v) is 2.10. The highest BCUT2D eigenvalue weighted by Gasteiger charge is 2.11. The zero-order valence-electron chi connectivity index (χ0n) is 11.3. The van der Waals surface area contributed by atoms with Gasteiger partial charge in [-0.05, 0) is 18.1 Å². The minimum absolute atomic E-state index is 0.339. The average molecular weight is 261 g/mol. The van der Waals surface area contributed by atoms with Gasteiger partial charge in [0.1, 0.15) is 0 Å². The van der Waals surface area contributed by atoms with E-state index in [-0.39, 0.29) is 0 Å². The van der Waals surface area contributed by atoms with Crippen LogP contribution in [0, 0.1) is 5.92 Å². The minimum atomic E-state index is -0.895. The Morgan fingerprint density at radius 3 is 2.84 bits per heavy atom. The molecular weight excluding hydrogens is 242 g/mol. The molecule has 0 amide bonds. The van der Waals surface area contributed by atoms with Gasteiger partial charge in [0.2, 0.25) is 0 Å². The number of hydrogen-bond acceptors (Lipinski definition) is 2. The second-order valence-electron chi connectivity index (χ2n) is 5.03. The minimum Gasteiger partial charge on any atom is -0.478 e. The van der Waals surface area contributed by atoms with Gasteiger partial charge in [0, 0.05) is 24.7 Å². The van der Waals surface area contributed by atoms with E-state index in [2.05, 4.69) is 13.8 Å². The van der Waals surface area contributed by atoms with Gasteiger partial charge in [0.15, 0.2) is 0 Å². The van der Waals surface area contributed by atoms with Gasteiger partial charge >= 0.3 is 5.97 Å². The predicted molar refractivity (Wildman–Crippen MR) is 74.6 cm³/mol. The Balaban J connectivity index is 2.17. The summed E-state index contributed by atoms with van der Waals surface area (Å²) in [5, 5.41) is 10.2. The summed E-state index contributed by atoms with van der Waals surface area (Å²) < 4.78 is 7.49. The monoisotopic (exact) mass is 261 g/mol. The number of rotatable bonds is 6. The van der Waals surface area contributed by atoms with Crippen molar-refractivity contribution >= 4 is 16.9 Å². The number of aromatic carboxylic acids is 1. The van der Waals surface area contributed by atoms with E-state index >= 15 is 0 Å². The van der Waals surface area contributed by atoms with E-state index in [1.165, 1.54) is 0 Å². The molecule has 0 fully saturated rings. The molecule has 0 atom stereocenters. The molecule has 0 unspecified atom stereocenters. The van der Waals surface area contributed by atoms with Crippen molar-refractivity contribution in [1.29, 1.82) is 0 Å². The molecule has 2 aromatic rings. The highest BCUT2D eigenvalue weighted by molar-refractivity contribution is 6.02. The first-order valence-corrected chi connectivity index (χ1v) is 6.48. The molecule has 0 saturated heterocycles. The van der Waals surface area contributed by atoms with Gasteiger partial charge in [-0.1, -0.05) is 26.0 Å². The molecule has 4 nitrogen and oxygen atoms in total. The van der Waals surface area contributed by atoms with E-state index < -0.39 is 5.97 Å². The fraction of sp³-hybridized carbons (Fsp3) is 0.400. The Morgan fingerprint density at radius 2 is 2.16 bits per heavy atom. The van der Waals surface area contributed by atoms with Crippen LogP contribution in [0.4, 0.5) is 0 Å². The second kappa shape index (κ2) is 5.89. The molecule has 4 heteroatoms. The lowest BCUT2D eigenvalue weighted by atomic mass is 10.1. The maximum Gasteiger partial charge on any atom is 0.337 e. The van der Waals surface area contributed by atoms with Gasteiger partial charge in [-0.15, -0.1) is 0 Å². The third kappa shape index (κ3) is 3.15. The summed E-state index contributed by atoms with van der Waals surface area (Å²) in [6.45, 7) is 6.20. The van der Waals surface area contributed by atoms with Gasteiger partial charge in [-0.3, -0.25) is 0 Å². The van der Waals surface area contributed by atoms with Crippen LogP contribution in [-0.4, -0.2) is 28.9 Å². The Labute approximate surface area is 112 Å². The summed E-state index contributed by atoms with van der Waals surface area (Å²) in [4.78, 5) is 11.2. The van der Waals surface area contributed by atoms with Crippen molar-refractivity contribution in [3.8, 4) is 0 Å². The number of hydrogen-bond donors (Lipinski definition) is 1. The number of ether oxygens (including phenoxy) is 1. The molecule has 0 radical (unpaired) electrons. The number of aromatic nitrogens is 1. The predicted octanol–water partition coefficient (Wildman–Crippen LogP) is 3.01. The smallest absolute Gasteiger partial charge is 0.337 e. The normalized spacial score (nSPS) is 11.3. The van der Waals surface area contributed by atoms with Crippen LogP contribution in [0.1, 0.15) is 24.2 Å². The first-order valence-electron chi connectivity index (χ1n) is 6.48. The lowest BCUT2D eigenvalue weighted by molar-refractivity contribution is 0.0698. The van der Waals surface area contributed by atoms with Gasteiger partial charge < -0.3 is 14.4 Å². The molecule has 0 aliphatic carbocycles. The zero-order valence-corrected chi connectivity index (χ0v) is 11.3. The van der Waals surface area contributed by atoms with Gasteiger partial charge in [0.25, 0.3) is 0 Å². The SMILES string of the molecule is CC(C)COCCn1ccc2cccc(C(=O)O)c21. The third-order valence-corrected chi connectivity index (χ3v) is 2.95. The van der Waals surface area contributed by atoms with E-state index in [0.29, 0.717) is 24.6 Å².